The van der Waals surface area contributed by atoms with Crippen LogP contribution in [0.25, 0.3) is 0 Å². The minimum absolute atomic E-state index is 0.00434. The van der Waals surface area contributed by atoms with E-state index < -0.39 is 0 Å². The highest BCUT2D eigenvalue weighted by molar-refractivity contribution is 8.02. The predicted octanol–water partition coefficient (Wildman–Crippen LogP) is 5.76. The molecule has 0 amide bonds. The van der Waals surface area contributed by atoms with E-state index in [2.05, 4.69) is 71.2 Å². The summed E-state index contributed by atoms with van der Waals surface area (Å²) in [5, 5.41) is 2.81. The lowest BCUT2D eigenvalue weighted by Gasteiger charge is -2.36. The lowest BCUT2D eigenvalue weighted by atomic mass is 9.87. The van der Waals surface area contributed by atoms with Gasteiger partial charge in [-0.2, -0.15) is 0 Å². The highest BCUT2D eigenvalue weighted by Gasteiger charge is 2.22. The number of nitrogens with one attached hydrogen (secondary N) is 1. The van der Waals surface area contributed by atoms with Crippen LogP contribution >= 0.6 is 23.4 Å². The molecule has 2 rings (SSSR count). The van der Waals surface area contributed by atoms with Gasteiger partial charge in [0.1, 0.15) is 0 Å². The summed E-state index contributed by atoms with van der Waals surface area (Å²) in [7, 11) is 0. The van der Waals surface area contributed by atoms with Crippen molar-refractivity contribution in [1.29, 1.82) is 0 Å². The first-order chi connectivity index (χ1) is 10.6. The van der Waals surface area contributed by atoms with E-state index in [1.807, 2.05) is 17.4 Å². The lowest BCUT2D eigenvalue weighted by molar-refractivity contribution is 0.159. The molecule has 0 fully saturated rings. The number of benzene rings is 1. The second-order valence-electron chi connectivity index (χ2n) is 7.89. The fourth-order valence-electron chi connectivity index (χ4n) is 2.17. The van der Waals surface area contributed by atoms with E-state index in [0.29, 0.717) is 0 Å². The molecule has 1 aliphatic rings. The van der Waals surface area contributed by atoms with E-state index in [1.165, 1.54) is 11.1 Å². The molecule has 0 saturated heterocycles. The molecule has 0 aromatic heterocycles. The van der Waals surface area contributed by atoms with Gasteiger partial charge in [-0.1, -0.05) is 56.6 Å². The third-order valence-corrected chi connectivity index (χ3v) is 5.29. The quantitative estimate of drug-likeness (QED) is 0.746. The van der Waals surface area contributed by atoms with Crippen LogP contribution in [0.3, 0.4) is 0 Å². The van der Waals surface area contributed by atoms with Crippen molar-refractivity contribution < 1.29 is 0 Å². The molecule has 1 aliphatic heterocycles. The van der Waals surface area contributed by atoms with Gasteiger partial charge in [-0.25, -0.2) is 0 Å². The molecule has 0 spiro atoms. The highest BCUT2D eigenvalue weighted by Crippen LogP contribution is 2.33. The van der Waals surface area contributed by atoms with Gasteiger partial charge in [0.15, 0.2) is 0 Å². The number of hydrogen-bond donors (Lipinski definition) is 1. The Hall–Kier alpha value is -1.06. The zero-order chi connectivity index (χ0) is 17.3. The minimum Gasteiger partial charge on any atom is -0.305 e. The molecule has 1 aromatic rings. The van der Waals surface area contributed by atoms with Gasteiger partial charge in [-0.3, -0.25) is 5.01 Å². The van der Waals surface area contributed by atoms with Crippen LogP contribution in [0.15, 0.2) is 46.6 Å². The summed E-state index contributed by atoms with van der Waals surface area (Å²) in [5.74, 6) is 0.914. The normalized spacial score (nSPS) is 15.9. The summed E-state index contributed by atoms with van der Waals surface area (Å²) in [6.07, 6.45) is 3.95. The maximum absolute atomic E-state index is 6.43. The second kappa shape index (κ2) is 6.82. The molecule has 1 aromatic carbocycles. The SMILES string of the molecule is CC(C)(C)c1ccc(CSC2=CNN(C(C)(C)C)C=C2Cl)cc1. The van der Waals surface area contributed by atoms with Crippen molar-refractivity contribution in [3.63, 3.8) is 0 Å². The Labute approximate surface area is 149 Å². The summed E-state index contributed by atoms with van der Waals surface area (Å²) in [6, 6.07) is 8.87. The summed E-state index contributed by atoms with van der Waals surface area (Å²) < 4.78 is 0. The molecule has 126 valence electrons. The standard InChI is InChI=1S/C19H27ClN2S/c1-18(2,3)15-9-7-14(8-10-15)13-23-17-11-21-22(12-16(17)20)19(4,5)6/h7-12,21H,13H2,1-6H3. The van der Waals surface area contributed by atoms with Crippen molar-refractivity contribution >= 4 is 23.4 Å². The highest BCUT2D eigenvalue weighted by atomic mass is 35.5. The fourth-order valence-corrected chi connectivity index (χ4v) is 3.33. The molecule has 0 bridgehead atoms. The molecule has 0 aliphatic carbocycles. The van der Waals surface area contributed by atoms with Crippen molar-refractivity contribution in [2.24, 2.45) is 0 Å². The Balaban J connectivity index is 1.97. The van der Waals surface area contributed by atoms with Crippen LogP contribution in [0.2, 0.25) is 0 Å². The number of thioether (sulfide) groups is 1. The summed E-state index contributed by atoms with van der Waals surface area (Å²) in [4.78, 5) is 1.08. The van der Waals surface area contributed by atoms with Crippen LogP contribution in [0, 0.1) is 0 Å². The monoisotopic (exact) mass is 350 g/mol. The third-order valence-electron chi connectivity index (χ3n) is 3.75. The molecule has 2 nitrogen and oxygen atoms in total. The number of halogens is 1. The third kappa shape index (κ3) is 4.95. The van der Waals surface area contributed by atoms with Gasteiger partial charge in [0.25, 0.3) is 0 Å². The first-order valence-corrected chi connectivity index (χ1v) is 9.29. The van der Waals surface area contributed by atoms with Crippen LogP contribution in [0.5, 0.6) is 0 Å². The van der Waals surface area contributed by atoms with Crippen molar-refractivity contribution in [1.82, 2.24) is 10.4 Å². The van der Waals surface area contributed by atoms with E-state index in [4.69, 9.17) is 11.6 Å². The van der Waals surface area contributed by atoms with Crippen LogP contribution in [-0.2, 0) is 11.2 Å². The zero-order valence-corrected chi connectivity index (χ0v) is 16.5. The number of hydrogen-bond acceptors (Lipinski definition) is 3. The zero-order valence-electron chi connectivity index (χ0n) is 14.9. The fraction of sp³-hybridized carbons (Fsp3) is 0.474. The smallest absolute Gasteiger partial charge is 0.0735 e. The van der Waals surface area contributed by atoms with Gasteiger partial charge in [-0.05, 0) is 37.3 Å². The molecule has 0 unspecified atom stereocenters. The minimum atomic E-state index is -0.00434. The van der Waals surface area contributed by atoms with Crippen LogP contribution in [-0.4, -0.2) is 10.5 Å². The number of nitrogens with zero attached hydrogens (tertiary/aromatic N) is 1. The van der Waals surface area contributed by atoms with Gasteiger partial charge in [-0.15, -0.1) is 11.8 Å². The Morgan fingerprint density at radius 3 is 2.13 bits per heavy atom. The van der Waals surface area contributed by atoms with Gasteiger partial charge in [0.05, 0.1) is 10.6 Å². The molecular weight excluding hydrogens is 324 g/mol. The first kappa shape index (κ1) is 18.3. The van der Waals surface area contributed by atoms with Crippen molar-refractivity contribution in [2.75, 3.05) is 0 Å². The maximum Gasteiger partial charge on any atom is 0.0735 e. The average Bonchev–Trinajstić information content (AvgIpc) is 2.44. The first-order valence-electron chi connectivity index (χ1n) is 7.93. The van der Waals surface area contributed by atoms with E-state index in [-0.39, 0.29) is 11.0 Å². The van der Waals surface area contributed by atoms with Crippen LogP contribution < -0.4 is 5.43 Å². The van der Waals surface area contributed by atoms with E-state index >= 15 is 0 Å². The van der Waals surface area contributed by atoms with Gasteiger partial charge in [0.2, 0.25) is 0 Å². The van der Waals surface area contributed by atoms with Gasteiger partial charge in [0, 0.05) is 23.1 Å². The number of hydrazine groups is 1. The second-order valence-corrected chi connectivity index (χ2v) is 9.32. The molecule has 1 heterocycles. The summed E-state index contributed by atoms with van der Waals surface area (Å²) >= 11 is 8.18. The van der Waals surface area contributed by atoms with E-state index in [0.717, 1.165) is 15.7 Å². The molecule has 4 heteroatoms. The lowest BCUT2D eigenvalue weighted by Crippen LogP contribution is -2.45. The van der Waals surface area contributed by atoms with Crippen molar-refractivity contribution in [3.8, 4) is 0 Å². The topological polar surface area (TPSA) is 15.3 Å². The Kier molecular flexibility index (Phi) is 5.42. The summed E-state index contributed by atoms with van der Waals surface area (Å²) in [5.41, 5.74) is 6.16. The predicted molar refractivity (Wildman–Crippen MR) is 103 cm³/mol. The number of rotatable bonds is 3. The van der Waals surface area contributed by atoms with Gasteiger partial charge >= 0.3 is 0 Å². The van der Waals surface area contributed by atoms with Gasteiger partial charge < -0.3 is 5.43 Å². The van der Waals surface area contributed by atoms with E-state index in [9.17, 15) is 0 Å². The largest absolute Gasteiger partial charge is 0.305 e. The molecule has 0 atom stereocenters. The molecular formula is C19H27ClN2S. The Bertz CT molecular complexity index is 604. The van der Waals surface area contributed by atoms with Crippen molar-refractivity contribution in [3.05, 3.63) is 57.7 Å². The van der Waals surface area contributed by atoms with Crippen LogP contribution in [0.4, 0.5) is 0 Å². The number of allylic oxidation sites excluding steroid dienone is 1. The molecule has 23 heavy (non-hydrogen) atoms. The molecule has 1 N–H and O–H groups in total. The Morgan fingerprint density at radius 2 is 1.65 bits per heavy atom. The molecule has 0 saturated carbocycles. The summed E-state index contributed by atoms with van der Waals surface area (Å²) in [6.45, 7) is 13.1. The van der Waals surface area contributed by atoms with E-state index in [1.54, 1.807) is 11.8 Å². The average molecular weight is 351 g/mol. The van der Waals surface area contributed by atoms with Crippen molar-refractivity contribution in [2.45, 2.75) is 58.2 Å². The molecule has 0 radical (unpaired) electrons. The maximum atomic E-state index is 6.43. The Morgan fingerprint density at radius 1 is 1.04 bits per heavy atom. The van der Waals surface area contributed by atoms with Crippen LogP contribution in [0.1, 0.15) is 52.7 Å².